The van der Waals surface area contributed by atoms with Crippen LogP contribution in [0.3, 0.4) is 0 Å². The molecule has 0 saturated carbocycles. The summed E-state index contributed by atoms with van der Waals surface area (Å²) in [6.07, 6.45) is -0.462. The third kappa shape index (κ3) is 3.75. The Morgan fingerprint density at radius 3 is 2.53 bits per heavy atom. The van der Waals surface area contributed by atoms with Gasteiger partial charge in [-0.05, 0) is 42.3 Å². The van der Waals surface area contributed by atoms with Crippen LogP contribution in [-0.4, -0.2) is 18.0 Å². The van der Waals surface area contributed by atoms with E-state index in [9.17, 15) is 5.11 Å². The Kier molecular flexibility index (Phi) is 4.88. The number of thioether (sulfide) groups is 1. The number of aliphatic hydroxyl groups excluding tert-OH is 1. The summed E-state index contributed by atoms with van der Waals surface area (Å²) >= 11 is 1.66. The molecule has 0 aromatic heterocycles. The van der Waals surface area contributed by atoms with Crippen LogP contribution in [0.1, 0.15) is 17.2 Å². The van der Waals surface area contributed by atoms with Gasteiger partial charge in [-0.25, -0.2) is 0 Å². The van der Waals surface area contributed by atoms with Crippen molar-refractivity contribution in [1.82, 2.24) is 0 Å². The molecule has 0 fully saturated rings. The molecule has 1 unspecified atom stereocenters. The number of rotatable bonds is 5. The van der Waals surface area contributed by atoms with Crippen LogP contribution >= 0.6 is 11.8 Å². The zero-order chi connectivity index (χ0) is 13.7. The number of benzene rings is 2. The van der Waals surface area contributed by atoms with E-state index < -0.39 is 6.10 Å². The molecular weight excluding hydrogens is 256 g/mol. The first-order valence-electron chi connectivity index (χ1n) is 6.21. The Morgan fingerprint density at radius 2 is 1.89 bits per heavy atom. The Hall–Kier alpha value is -1.45. The molecule has 0 saturated heterocycles. The predicted molar refractivity (Wildman–Crippen MR) is 79.9 cm³/mol. The van der Waals surface area contributed by atoms with Crippen molar-refractivity contribution in [2.75, 3.05) is 12.9 Å². The maximum atomic E-state index is 10.3. The minimum absolute atomic E-state index is 0.462. The van der Waals surface area contributed by atoms with E-state index >= 15 is 0 Å². The zero-order valence-corrected chi connectivity index (χ0v) is 12.0. The molecule has 100 valence electrons. The third-order valence-electron chi connectivity index (χ3n) is 2.99. The summed E-state index contributed by atoms with van der Waals surface area (Å²) in [4.78, 5) is 1.17. The molecule has 0 aliphatic carbocycles. The van der Waals surface area contributed by atoms with Crippen molar-refractivity contribution in [2.45, 2.75) is 17.9 Å². The minimum Gasteiger partial charge on any atom is -0.497 e. The molecule has 0 aliphatic rings. The first-order valence-corrected chi connectivity index (χ1v) is 7.19. The van der Waals surface area contributed by atoms with Crippen molar-refractivity contribution in [2.24, 2.45) is 0 Å². The van der Waals surface area contributed by atoms with E-state index in [0.717, 1.165) is 16.9 Å². The van der Waals surface area contributed by atoms with E-state index in [-0.39, 0.29) is 0 Å². The van der Waals surface area contributed by atoms with Crippen LogP contribution in [0.2, 0.25) is 0 Å². The topological polar surface area (TPSA) is 29.5 Å². The fourth-order valence-electron chi connectivity index (χ4n) is 1.93. The molecule has 2 aromatic carbocycles. The molecule has 0 bridgehead atoms. The molecule has 2 nitrogen and oxygen atoms in total. The lowest BCUT2D eigenvalue weighted by atomic mass is 10.0. The lowest BCUT2D eigenvalue weighted by molar-refractivity contribution is 0.203. The number of hydrogen-bond acceptors (Lipinski definition) is 3. The van der Waals surface area contributed by atoms with Crippen molar-refractivity contribution < 1.29 is 9.84 Å². The Labute approximate surface area is 118 Å². The largest absolute Gasteiger partial charge is 0.497 e. The summed E-state index contributed by atoms with van der Waals surface area (Å²) in [6, 6.07) is 15.9. The minimum atomic E-state index is -0.462. The normalized spacial score (nSPS) is 12.2. The summed E-state index contributed by atoms with van der Waals surface area (Å²) in [7, 11) is 1.65. The first-order chi connectivity index (χ1) is 9.20. The summed E-state index contributed by atoms with van der Waals surface area (Å²) in [5.74, 6) is 1.47. The lowest BCUT2D eigenvalue weighted by Gasteiger charge is -2.14. The maximum absolute atomic E-state index is 10.3. The standard InChI is InChI=1S/C16H18O2S/c1-12-10-13(18-2)8-9-15(12)16(17)11-19-14-6-4-3-5-7-14/h3-10,16-17H,11H2,1-2H3. The highest BCUT2D eigenvalue weighted by Crippen LogP contribution is 2.28. The van der Waals surface area contributed by atoms with Gasteiger partial charge in [0.15, 0.2) is 0 Å². The van der Waals surface area contributed by atoms with Crippen LogP contribution in [0.25, 0.3) is 0 Å². The van der Waals surface area contributed by atoms with E-state index in [2.05, 4.69) is 12.1 Å². The summed E-state index contributed by atoms with van der Waals surface area (Å²) in [5, 5.41) is 10.3. The fourth-order valence-corrected chi connectivity index (χ4v) is 2.81. The fraction of sp³-hybridized carbons (Fsp3) is 0.250. The summed E-state index contributed by atoms with van der Waals surface area (Å²) < 4.78 is 5.17. The second kappa shape index (κ2) is 6.64. The van der Waals surface area contributed by atoms with Crippen LogP contribution in [-0.2, 0) is 0 Å². The van der Waals surface area contributed by atoms with Crippen LogP contribution in [0.15, 0.2) is 53.4 Å². The number of aryl methyl sites for hydroxylation is 1. The number of methoxy groups -OCH3 is 1. The van der Waals surface area contributed by atoms with E-state index in [1.54, 1.807) is 18.9 Å². The highest BCUT2D eigenvalue weighted by Gasteiger charge is 2.11. The quantitative estimate of drug-likeness (QED) is 0.840. The molecule has 2 aromatic rings. The molecular formula is C16H18O2S. The molecule has 0 amide bonds. The molecule has 1 atom stereocenters. The maximum Gasteiger partial charge on any atom is 0.119 e. The lowest BCUT2D eigenvalue weighted by Crippen LogP contribution is -2.03. The number of aliphatic hydroxyl groups is 1. The molecule has 0 aliphatic heterocycles. The van der Waals surface area contributed by atoms with Gasteiger partial charge in [-0.2, -0.15) is 0 Å². The molecule has 1 N–H and O–H groups in total. The molecule has 0 heterocycles. The Bertz CT molecular complexity index is 526. The van der Waals surface area contributed by atoms with Crippen molar-refractivity contribution in [3.63, 3.8) is 0 Å². The van der Waals surface area contributed by atoms with E-state index in [1.807, 2.05) is 43.3 Å². The van der Waals surface area contributed by atoms with Gasteiger partial charge in [-0.3, -0.25) is 0 Å². The second-order valence-electron chi connectivity index (χ2n) is 4.36. The van der Waals surface area contributed by atoms with Crippen molar-refractivity contribution in [3.8, 4) is 5.75 Å². The van der Waals surface area contributed by atoms with Gasteiger partial charge in [0, 0.05) is 10.6 Å². The van der Waals surface area contributed by atoms with Gasteiger partial charge in [-0.15, -0.1) is 11.8 Å². The van der Waals surface area contributed by atoms with Gasteiger partial charge >= 0.3 is 0 Å². The molecule has 3 heteroatoms. The van der Waals surface area contributed by atoms with Crippen molar-refractivity contribution in [3.05, 3.63) is 59.7 Å². The molecule has 0 spiro atoms. The van der Waals surface area contributed by atoms with E-state index in [4.69, 9.17) is 4.74 Å². The van der Waals surface area contributed by atoms with Gasteiger partial charge in [0.1, 0.15) is 5.75 Å². The van der Waals surface area contributed by atoms with Crippen LogP contribution in [0.4, 0.5) is 0 Å². The number of hydrogen-bond donors (Lipinski definition) is 1. The second-order valence-corrected chi connectivity index (χ2v) is 5.46. The number of ether oxygens (including phenoxy) is 1. The average Bonchev–Trinajstić information content (AvgIpc) is 2.45. The molecule has 2 rings (SSSR count). The molecule has 19 heavy (non-hydrogen) atoms. The smallest absolute Gasteiger partial charge is 0.119 e. The van der Waals surface area contributed by atoms with Crippen LogP contribution in [0.5, 0.6) is 5.75 Å². The van der Waals surface area contributed by atoms with Gasteiger partial charge in [0.2, 0.25) is 0 Å². The summed E-state index contributed by atoms with van der Waals surface area (Å²) in [6.45, 7) is 1.99. The van der Waals surface area contributed by atoms with Crippen LogP contribution < -0.4 is 4.74 Å². The Morgan fingerprint density at radius 1 is 1.16 bits per heavy atom. The van der Waals surface area contributed by atoms with Gasteiger partial charge in [0.25, 0.3) is 0 Å². The third-order valence-corrected chi connectivity index (χ3v) is 4.07. The monoisotopic (exact) mass is 274 g/mol. The predicted octanol–water partition coefficient (Wildman–Crippen LogP) is 3.83. The SMILES string of the molecule is COc1ccc(C(O)CSc2ccccc2)c(C)c1. The van der Waals surface area contributed by atoms with Crippen molar-refractivity contribution in [1.29, 1.82) is 0 Å². The average molecular weight is 274 g/mol. The van der Waals surface area contributed by atoms with Gasteiger partial charge in [0.05, 0.1) is 13.2 Å². The van der Waals surface area contributed by atoms with E-state index in [0.29, 0.717) is 5.75 Å². The van der Waals surface area contributed by atoms with Crippen LogP contribution in [0, 0.1) is 6.92 Å². The van der Waals surface area contributed by atoms with Crippen molar-refractivity contribution >= 4 is 11.8 Å². The van der Waals surface area contributed by atoms with Gasteiger partial charge in [-0.1, -0.05) is 24.3 Å². The first kappa shape index (κ1) is 14.0. The zero-order valence-electron chi connectivity index (χ0n) is 11.2. The highest BCUT2D eigenvalue weighted by atomic mass is 32.2. The highest BCUT2D eigenvalue weighted by molar-refractivity contribution is 7.99. The van der Waals surface area contributed by atoms with E-state index in [1.165, 1.54) is 4.90 Å². The molecule has 0 radical (unpaired) electrons. The Balaban J connectivity index is 2.02. The summed E-state index contributed by atoms with van der Waals surface area (Å²) in [5.41, 5.74) is 2.02. The van der Waals surface area contributed by atoms with Gasteiger partial charge < -0.3 is 9.84 Å².